The fourth-order valence-corrected chi connectivity index (χ4v) is 2.19. The normalized spacial score (nSPS) is 10.8. The van der Waals surface area contributed by atoms with Gasteiger partial charge in [0.2, 0.25) is 0 Å². The first kappa shape index (κ1) is 13.6. The lowest BCUT2D eigenvalue weighted by Crippen LogP contribution is -1.96. The van der Waals surface area contributed by atoms with Crippen molar-refractivity contribution in [1.29, 1.82) is 0 Å². The van der Waals surface area contributed by atoms with Crippen LogP contribution in [0.1, 0.15) is 5.56 Å². The number of halogens is 1. The van der Waals surface area contributed by atoms with Crippen molar-refractivity contribution in [3.05, 3.63) is 40.9 Å². The zero-order valence-electron chi connectivity index (χ0n) is 11.6. The average Bonchev–Trinajstić information content (AvgIpc) is 2.84. The Kier molecular flexibility index (Phi) is 3.35. The number of anilines is 3. The molecule has 0 fully saturated rings. The van der Waals surface area contributed by atoms with Crippen LogP contribution in [0.2, 0.25) is 5.02 Å². The molecule has 0 radical (unpaired) electrons. The summed E-state index contributed by atoms with van der Waals surface area (Å²) in [4.78, 5) is 4.35. The highest BCUT2D eigenvalue weighted by atomic mass is 35.5. The van der Waals surface area contributed by atoms with E-state index >= 15 is 0 Å². The van der Waals surface area contributed by atoms with Crippen molar-refractivity contribution in [2.45, 2.75) is 6.92 Å². The van der Waals surface area contributed by atoms with Gasteiger partial charge < -0.3 is 20.2 Å². The van der Waals surface area contributed by atoms with Gasteiger partial charge in [0.05, 0.1) is 12.8 Å². The van der Waals surface area contributed by atoms with Gasteiger partial charge in [-0.25, -0.2) is 0 Å². The van der Waals surface area contributed by atoms with Crippen LogP contribution in [0.15, 0.2) is 34.7 Å². The standard InChI is InChI=1S/C15H14ClN3O2/c1-8-5-12(13(20-2)7-10(8)16)19-15-18-11-4-3-9(17)6-14(11)21-15/h3-7H,17H2,1-2H3,(H,18,19). The van der Waals surface area contributed by atoms with Gasteiger partial charge in [-0.2, -0.15) is 4.98 Å². The number of nitrogens with two attached hydrogens (primary N) is 1. The lowest BCUT2D eigenvalue weighted by Gasteiger charge is -2.10. The second-order valence-corrected chi connectivity index (χ2v) is 5.08. The maximum absolute atomic E-state index is 6.09. The molecule has 0 amide bonds. The van der Waals surface area contributed by atoms with Crippen molar-refractivity contribution < 1.29 is 9.15 Å². The van der Waals surface area contributed by atoms with E-state index in [1.54, 1.807) is 25.3 Å². The summed E-state index contributed by atoms with van der Waals surface area (Å²) in [6, 6.07) is 9.32. The van der Waals surface area contributed by atoms with Crippen LogP contribution in [0.3, 0.4) is 0 Å². The Balaban J connectivity index is 2.00. The average molecular weight is 304 g/mol. The van der Waals surface area contributed by atoms with Gasteiger partial charge in [-0.1, -0.05) is 11.6 Å². The number of aryl methyl sites for hydroxylation is 1. The molecule has 108 valence electrons. The van der Waals surface area contributed by atoms with Gasteiger partial charge in [-0.3, -0.25) is 0 Å². The second kappa shape index (κ2) is 5.18. The summed E-state index contributed by atoms with van der Waals surface area (Å²) in [5.41, 5.74) is 9.38. The van der Waals surface area contributed by atoms with E-state index in [0.29, 0.717) is 28.1 Å². The van der Waals surface area contributed by atoms with Gasteiger partial charge in [-0.05, 0) is 30.7 Å². The number of nitrogens with one attached hydrogen (secondary N) is 1. The molecule has 3 N–H and O–H groups in total. The van der Waals surface area contributed by atoms with Crippen molar-refractivity contribution in [1.82, 2.24) is 4.98 Å². The minimum atomic E-state index is 0.371. The summed E-state index contributed by atoms with van der Waals surface area (Å²) in [6.07, 6.45) is 0. The molecule has 0 saturated heterocycles. The molecule has 0 saturated carbocycles. The van der Waals surface area contributed by atoms with Gasteiger partial charge in [0, 0.05) is 22.8 Å². The SMILES string of the molecule is COc1cc(Cl)c(C)cc1Nc1nc2ccc(N)cc2o1. The van der Waals surface area contributed by atoms with Crippen molar-refractivity contribution in [3.8, 4) is 5.75 Å². The quantitative estimate of drug-likeness (QED) is 0.712. The van der Waals surface area contributed by atoms with Crippen molar-refractivity contribution in [2.24, 2.45) is 0 Å². The van der Waals surface area contributed by atoms with Crippen molar-refractivity contribution >= 4 is 40.1 Å². The van der Waals surface area contributed by atoms with Crippen molar-refractivity contribution in [2.75, 3.05) is 18.2 Å². The molecular weight excluding hydrogens is 290 g/mol. The van der Waals surface area contributed by atoms with Crippen molar-refractivity contribution in [3.63, 3.8) is 0 Å². The van der Waals surface area contributed by atoms with Gasteiger partial charge in [0.15, 0.2) is 5.58 Å². The third-order valence-electron chi connectivity index (χ3n) is 3.13. The van der Waals surface area contributed by atoms with E-state index in [-0.39, 0.29) is 0 Å². The Morgan fingerprint density at radius 1 is 1.29 bits per heavy atom. The topological polar surface area (TPSA) is 73.3 Å². The Bertz CT molecular complexity index is 814. The number of methoxy groups -OCH3 is 1. The third kappa shape index (κ3) is 2.60. The number of hydrogen-bond donors (Lipinski definition) is 2. The number of hydrogen-bond acceptors (Lipinski definition) is 5. The molecule has 1 heterocycles. The van der Waals surface area contributed by atoms with Crippen LogP contribution >= 0.6 is 11.6 Å². The first-order chi connectivity index (χ1) is 10.1. The fraction of sp³-hybridized carbons (Fsp3) is 0.133. The van der Waals surface area contributed by atoms with E-state index in [0.717, 1.165) is 16.8 Å². The maximum Gasteiger partial charge on any atom is 0.300 e. The second-order valence-electron chi connectivity index (χ2n) is 4.67. The van der Waals surface area contributed by atoms with E-state index in [4.69, 9.17) is 26.5 Å². The molecule has 0 bridgehead atoms. The molecule has 6 heteroatoms. The third-order valence-corrected chi connectivity index (χ3v) is 3.54. The Labute approximate surface area is 126 Å². The minimum Gasteiger partial charge on any atom is -0.495 e. The minimum absolute atomic E-state index is 0.371. The lowest BCUT2D eigenvalue weighted by atomic mass is 10.2. The van der Waals surface area contributed by atoms with Crippen LogP contribution in [-0.2, 0) is 0 Å². The molecule has 0 atom stereocenters. The zero-order chi connectivity index (χ0) is 15.0. The van der Waals surface area contributed by atoms with Crippen LogP contribution in [0.4, 0.5) is 17.4 Å². The maximum atomic E-state index is 6.09. The molecular formula is C15H14ClN3O2. The number of aromatic nitrogens is 1. The Morgan fingerprint density at radius 3 is 2.86 bits per heavy atom. The number of benzene rings is 2. The first-order valence-electron chi connectivity index (χ1n) is 6.34. The number of nitrogen functional groups attached to an aromatic ring is 1. The highest BCUT2D eigenvalue weighted by molar-refractivity contribution is 6.31. The highest BCUT2D eigenvalue weighted by Gasteiger charge is 2.11. The van der Waals surface area contributed by atoms with Crippen LogP contribution in [0.5, 0.6) is 5.75 Å². The van der Waals surface area contributed by atoms with Crippen LogP contribution < -0.4 is 15.8 Å². The van der Waals surface area contributed by atoms with Crippen LogP contribution in [0.25, 0.3) is 11.1 Å². The van der Waals surface area contributed by atoms with E-state index in [1.807, 2.05) is 19.1 Å². The molecule has 5 nitrogen and oxygen atoms in total. The fourth-order valence-electron chi connectivity index (χ4n) is 2.04. The Hall–Kier alpha value is -2.40. The van der Waals surface area contributed by atoms with Gasteiger partial charge in [0.25, 0.3) is 6.01 Å². The predicted molar refractivity (Wildman–Crippen MR) is 84.4 cm³/mol. The summed E-state index contributed by atoms with van der Waals surface area (Å²) in [5, 5.41) is 3.74. The molecule has 0 spiro atoms. The van der Waals surface area contributed by atoms with Gasteiger partial charge >= 0.3 is 0 Å². The summed E-state index contributed by atoms with van der Waals surface area (Å²) >= 11 is 6.09. The van der Waals surface area contributed by atoms with Crippen LogP contribution in [-0.4, -0.2) is 12.1 Å². The molecule has 1 aromatic heterocycles. The van der Waals surface area contributed by atoms with Crippen LogP contribution in [0, 0.1) is 6.92 Å². The lowest BCUT2D eigenvalue weighted by molar-refractivity contribution is 0.416. The predicted octanol–water partition coefficient (Wildman–Crippen LogP) is 4.12. The number of nitrogens with zero attached hydrogens (tertiary/aromatic N) is 1. The monoisotopic (exact) mass is 303 g/mol. The smallest absolute Gasteiger partial charge is 0.300 e. The molecule has 21 heavy (non-hydrogen) atoms. The van der Waals surface area contributed by atoms with E-state index in [2.05, 4.69) is 10.3 Å². The summed E-state index contributed by atoms with van der Waals surface area (Å²) in [7, 11) is 1.58. The summed E-state index contributed by atoms with van der Waals surface area (Å²) < 4.78 is 10.9. The first-order valence-corrected chi connectivity index (χ1v) is 6.72. The number of fused-ring (bicyclic) bond motifs is 1. The number of ether oxygens (including phenoxy) is 1. The molecule has 3 aromatic rings. The highest BCUT2D eigenvalue weighted by Crippen LogP contribution is 2.33. The molecule has 0 aliphatic heterocycles. The van der Waals surface area contributed by atoms with E-state index < -0.39 is 0 Å². The molecule has 0 aliphatic rings. The van der Waals surface area contributed by atoms with Gasteiger partial charge in [-0.15, -0.1) is 0 Å². The Morgan fingerprint density at radius 2 is 2.10 bits per heavy atom. The summed E-state index contributed by atoms with van der Waals surface area (Å²) in [5.74, 6) is 0.618. The summed E-state index contributed by atoms with van der Waals surface area (Å²) in [6.45, 7) is 1.92. The van der Waals surface area contributed by atoms with E-state index in [9.17, 15) is 0 Å². The zero-order valence-corrected chi connectivity index (χ0v) is 12.4. The number of rotatable bonds is 3. The van der Waals surface area contributed by atoms with E-state index in [1.165, 1.54) is 0 Å². The molecule has 2 aromatic carbocycles. The largest absolute Gasteiger partial charge is 0.495 e. The molecule has 3 rings (SSSR count). The van der Waals surface area contributed by atoms with Gasteiger partial charge in [0.1, 0.15) is 11.3 Å². The molecule has 0 aliphatic carbocycles. The molecule has 0 unspecified atom stereocenters. The number of oxazole rings is 1.